The Balaban J connectivity index is 2.79. The summed E-state index contributed by atoms with van der Waals surface area (Å²) in [5.41, 5.74) is -0.345. The van der Waals surface area contributed by atoms with Crippen molar-refractivity contribution in [3.8, 4) is 5.88 Å². The molecule has 0 radical (unpaired) electrons. The molecule has 0 unspecified atom stereocenters. The van der Waals surface area contributed by atoms with Crippen molar-refractivity contribution in [3.63, 3.8) is 0 Å². The smallest absolute Gasteiger partial charge is 0.351 e. The largest absolute Gasteiger partial charge is 0.476 e. The van der Waals surface area contributed by atoms with Crippen LogP contribution < -0.4 is 10.4 Å². The van der Waals surface area contributed by atoms with Crippen LogP contribution in [0.5, 0.6) is 5.88 Å². The van der Waals surface area contributed by atoms with Crippen LogP contribution in [0.15, 0.2) is 4.79 Å². The monoisotopic (exact) mass is 200 g/mol. The molecule has 1 aliphatic rings. The number of ether oxygens (including phenoxy) is 1. The summed E-state index contributed by atoms with van der Waals surface area (Å²) < 4.78 is 6.38. The highest BCUT2D eigenvalue weighted by atomic mass is 35.5. The molecule has 1 aromatic heterocycles. The van der Waals surface area contributed by atoms with Gasteiger partial charge in [0.15, 0.2) is 11.4 Å². The topological polar surface area (TPSA) is 61.2 Å². The van der Waals surface area contributed by atoms with Gasteiger partial charge in [-0.05, 0) is 0 Å². The molecule has 13 heavy (non-hydrogen) atoms. The Bertz CT molecular complexity index is 426. The van der Waals surface area contributed by atoms with E-state index in [1.165, 1.54) is 4.57 Å². The molecular formula is C7H5ClN2O3. The predicted octanol–water partition coefficient (Wildman–Crippen LogP) is 0.102. The highest BCUT2D eigenvalue weighted by Crippen LogP contribution is 2.23. The number of rotatable bonds is 1. The molecule has 0 N–H and O–H groups in total. The number of aldehydes is 1. The minimum atomic E-state index is -0.483. The van der Waals surface area contributed by atoms with E-state index in [2.05, 4.69) is 4.98 Å². The summed E-state index contributed by atoms with van der Waals surface area (Å²) in [6.07, 6.45) is 0.534. The maximum absolute atomic E-state index is 11.2. The molecule has 1 aliphatic heterocycles. The maximum Gasteiger partial charge on any atom is 0.351 e. The molecule has 1 aromatic rings. The van der Waals surface area contributed by atoms with E-state index in [-0.39, 0.29) is 16.6 Å². The Morgan fingerprint density at radius 3 is 3.08 bits per heavy atom. The number of carbonyl (C=O) groups excluding carboxylic acids is 1. The number of carbonyl (C=O) groups is 1. The fraction of sp³-hybridized carbons (Fsp3) is 0.286. The molecule has 68 valence electrons. The van der Waals surface area contributed by atoms with Crippen LogP contribution in [-0.4, -0.2) is 22.4 Å². The van der Waals surface area contributed by atoms with Crippen molar-refractivity contribution in [1.82, 2.24) is 9.55 Å². The van der Waals surface area contributed by atoms with Crippen molar-refractivity contribution in [2.24, 2.45) is 0 Å². The third-order valence-corrected chi connectivity index (χ3v) is 2.08. The van der Waals surface area contributed by atoms with Crippen molar-refractivity contribution < 1.29 is 9.53 Å². The van der Waals surface area contributed by atoms with Gasteiger partial charge in [0.2, 0.25) is 5.88 Å². The van der Waals surface area contributed by atoms with E-state index in [0.717, 1.165) is 0 Å². The SMILES string of the molecule is O=Cc1c(Cl)nc(=O)n2c1OCC2. The molecule has 0 saturated carbocycles. The highest BCUT2D eigenvalue weighted by molar-refractivity contribution is 6.31. The lowest BCUT2D eigenvalue weighted by Crippen LogP contribution is -2.21. The van der Waals surface area contributed by atoms with Crippen LogP contribution >= 0.6 is 11.6 Å². The summed E-state index contributed by atoms with van der Waals surface area (Å²) in [6, 6.07) is 0. The molecule has 2 rings (SSSR count). The average Bonchev–Trinajstić information content (AvgIpc) is 2.53. The molecular weight excluding hydrogens is 196 g/mol. The Morgan fingerprint density at radius 2 is 2.38 bits per heavy atom. The van der Waals surface area contributed by atoms with Gasteiger partial charge in [0.25, 0.3) is 0 Å². The molecule has 0 fully saturated rings. The van der Waals surface area contributed by atoms with Crippen LogP contribution in [0.2, 0.25) is 5.15 Å². The number of hydrogen-bond donors (Lipinski definition) is 0. The molecule has 5 nitrogen and oxygen atoms in total. The van der Waals surface area contributed by atoms with Gasteiger partial charge in [0, 0.05) is 0 Å². The summed E-state index contributed by atoms with van der Waals surface area (Å²) in [4.78, 5) is 25.2. The number of hydrogen-bond acceptors (Lipinski definition) is 4. The predicted molar refractivity (Wildman–Crippen MR) is 44.4 cm³/mol. The lowest BCUT2D eigenvalue weighted by molar-refractivity contribution is 0.111. The summed E-state index contributed by atoms with van der Waals surface area (Å²) in [5.74, 6) is 0.222. The van der Waals surface area contributed by atoms with Crippen molar-refractivity contribution in [2.75, 3.05) is 6.61 Å². The Hall–Kier alpha value is -1.36. The fourth-order valence-corrected chi connectivity index (χ4v) is 1.41. The van der Waals surface area contributed by atoms with E-state index in [0.29, 0.717) is 19.4 Å². The van der Waals surface area contributed by atoms with E-state index in [1.807, 2.05) is 0 Å². The first-order chi connectivity index (χ1) is 6.24. The highest BCUT2D eigenvalue weighted by Gasteiger charge is 2.21. The summed E-state index contributed by atoms with van der Waals surface area (Å²) >= 11 is 5.58. The van der Waals surface area contributed by atoms with Crippen LogP contribution in [0.1, 0.15) is 10.4 Å². The first-order valence-corrected chi connectivity index (χ1v) is 4.00. The molecule has 0 aromatic carbocycles. The van der Waals surface area contributed by atoms with E-state index in [9.17, 15) is 9.59 Å². The van der Waals surface area contributed by atoms with Crippen molar-refractivity contribution >= 4 is 17.9 Å². The third-order valence-electron chi connectivity index (χ3n) is 1.79. The Morgan fingerprint density at radius 1 is 1.62 bits per heavy atom. The molecule has 2 heterocycles. The number of nitrogens with zero attached hydrogens (tertiary/aromatic N) is 2. The van der Waals surface area contributed by atoms with Crippen molar-refractivity contribution in [2.45, 2.75) is 6.54 Å². The zero-order valence-corrected chi connectivity index (χ0v) is 7.24. The Kier molecular flexibility index (Phi) is 1.81. The second-order valence-electron chi connectivity index (χ2n) is 2.52. The van der Waals surface area contributed by atoms with Gasteiger partial charge in [-0.1, -0.05) is 11.6 Å². The molecule has 0 amide bonds. The quantitative estimate of drug-likeness (QED) is 0.477. The first kappa shape index (κ1) is 8.25. The van der Waals surface area contributed by atoms with Gasteiger partial charge in [-0.2, -0.15) is 4.98 Å². The van der Waals surface area contributed by atoms with Crippen molar-refractivity contribution in [3.05, 3.63) is 21.2 Å². The van der Waals surface area contributed by atoms with Crippen LogP contribution in [0, 0.1) is 0 Å². The number of halogens is 1. The fourth-order valence-electron chi connectivity index (χ4n) is 1.21. The van der Waals surface area contributed by atoms with Gasteiger partial charge in [-0.25, -0.2) is 4.79 Å². The van der Waals surface area contributed by atoms with Crippen LogP contribution in [0.25, 0.3) is 0 Å². The first-order valence-electron chi connectivity index (χ1n) is 3.62. The minimum absolute atomic E-state index is 0.104. The zero-order chi connectivity index (χ0) is 9.42. The maximum atomic E-state index is 11.2. The van der Waals surface area contributed by atoms with Crippen LogP contribution in [0.4, 0.5) is 0 Å². The van der Waals surface area contributed by atoms with Gasteiger partial charge in [0.05, 0.1) is 6.54 Å². The van der Waals surface area contributed by atoms with E-state index < -0.39 is 5.69 Å². The molecule has 0 atom stereocenters. The lowest BCUT2D eigenvalue weighted by atomic mass is 10.3. The Labute approximate surface area is 77.9 Å². The van der Waals surface area contributed by atoms with Crippen LogP contribution in [-0.2, 0) is 6.54 Å². The van der Waals surface area contributed by atoms with Gasteiger partial charge in [-0.3, -0.25) is 9.36 Å². The standard InChI is InChI=1S/C7H5ClN2O3/c8-5-4(3-11)6-10(1-2-13-6)7(12)9-5/h3H,1-2H2. The summed E-state index contributed by atoms with van der Waals surface area (Å²) in [6.45, 7) is 0.789. The second kappa shape index (κ2) is 2.85. The van der Waals surface area contributed by atoms with E-state index >= 15 is 0 Å². The average molecular weight is 201 g/mol. The molecule has 0 spiro atoms. The summed E-state index contributed by atoms with van der Waals surface area (Å²) in [7, 11) is 0. The zero-order valence-electron chi connectivity index (χ0n) is 6.49. The lowest BCUT2D eigenvalue weighted by Gasteiger charge is -2.02. The normalized spacial score (nSPS) is 13.6. The molecule has 0 saturated heterocycles. The number of aromatic nitrogens is 2. The molecule has 0 bridgehead atoms. The van der Waals surface area contributed by atoms with Gasteiger partial charge >= 0.3 is 5.69 Å². The molecule has 0 aliphatic carbocycles. The van der Waals surface area contributed by atoms with Gasteiger partial charge in [-0.15, -0.1) is 0 Å². The van der Waals surface area contributed by atoms with Crippen molar-refractivity contribution in [1.29, 1.82) is 0 Å². The van der Waals surface area contributed by atoms with E-state index in [1.54, 1.807) is 0 Å². The van der Waals surface area contributed by atoms with E-state index in [4.69, 9.17) is 16.3 Å². The molecule has 6 heteroatoms. The second-order valence-corrected chi connectivity index (χ2v) is 2.88. The van der Waals surface area contributed by atoms with Gasteiger partial charge < -0.3 is 4.74 Å². The minimum Gasteiger partial charge on any atom is -0.476 e. The summed E-state index contributed by atoms with van der Waals surface area (Å²) in [5, 5.41) is -0.104. The third kappa shape index (κ3) is 1.12. The number of fused-ring (bicyclic) bond motifs is 1. The van der Waals surface area contributed by atoms with Crippen LogP contribution in [0.3, 0.4) is 0 Å². The van der Waals surface area contributed by atoms with Gasteiger partial charge in [0.1, 0.15) is 12.2 Å².